The Morgan fingerprint density at radius 2 is 1.76 bits per heavy atom. The number of hydrogen-bond donors (Lipinski definition) is 4. The number of sulfonamides is 1. The van der Waals surface area contributed by atoms with E-state index in [4.69, 9.17) is 15.7 Å². The molecule has 10 heteroatoms. The fourth-order valence-electron chi connectivity index (χ4n) is 2.83. The minimum absolute atomic E-state index is 0.186. The number of amides is 1. The lowest BCUT2D eigenvalue weighted by molar-refractivity contribution is -0.137. The fraction of sp³-hybridized carbons (Fsp3) is 0.174. The number of carbonyl (C=O) groups is 1. The van der Waals surface area contributed by atoms with Gasteiger partial charge in [-0.25, -0.2) is 13.9 Å². The number of aliphatic hydroxyl groups is 1. The first-order valence-electron chi connectivity index (χ1n) is 9.87. The molecule has 1 atom stereocenters. The largest absolute Gasteiger partial charge is 0.457 e. The number of hydroxylamine groups is 1. The van der Waals surface area contributed by atoms with E-state index in [1.54, 1.807) is 12.1 Å². The number of nitrogens with two attached hydrogens (primary N) is 1. The van der Waals surface area contributed by atoms with Crippen LogP contribution in [0, 0.1) is 6.92 Å². The van der Waals surface area contributed by atoms with Crippen LogP contribution in [0.25, 0.3) is 0 Å². The Labute approximate surface area is 193 Å². The molecule has 0 heterocycles. The molecule has 5 N–H and O–H groups in total. The zero-order valence-electron chi connectivity index (χ0n) is 18.1. The van der Waals surface area contributed by atoms with E-state index in [1.165, 1.54) is 42.0 Å². The van der Waals surface area contributed by atoms with E-state index in [9.17, 15) is 18.3 Å². The van der Waals surface area contributed by atoms with Gasteiger partial charge in [-0.3, -0.25) is 14.3 Å². The standard InChI is InChI=1S/C23H27N3O6S/c1-3-4-18(13-14-24)16-33(30,31)26(15-22(27)23(28)25-29)19-7-11-21(12-8-19)32-20-9-5-17(2)6-10-20/h3-14,22,27,29H,1,15-16,24H2,2H3,(H,25,28)/b14-13-,18-4+/t22-/m0/s1. The number of rotatable bonds is 11. The highest BCUT2D eigenvalue weighted by molar-refractivity contribution is 7.93. The van der Waals surface area contributed by atoms with Gasteiger partial charge in [0, 0.05) is 0 Å². The molecule has 0 aliphatic carbocycles. The third kappa shape index (κ3) is 7.49. The van der Waals surface area contributed by atoms with E-state index in [2.05, 4.69) is 6.58 Å². The van der Waals surface area contributed by atoms with Crippen LogP contribution in [0.15, 0.2) is 85.1 Å². The number of benzene rings is 2. The average Bonchev–Trinajstić information content (AvgIpc) is 2.79. The van der Waals surface area contributed by atoms with Crippen LogP contribution in [-0.2, 0) is 14.8 Å². The maximum Gasteiger partial charge on any atom is 0.274 e. The van der Waals surface area contributed by atoms with Gasteiger partial charge in [-0.05, 0) is 61.2 Å². The van der Waals surface area contributed by atoms with Gasteiger partial charge in [0.15, 0.2) is 6.10 Å². The molecule has 0 spiro atoms. The van der Waals surface area contributed by atoms with E-state index in [0.717, 1.165) is 9.87 Å². The number of aliphatic hydroxyl groups excluding tert-OH is 1. The van der Waals surface area contributed by atoms with Crippen molar-refractivity contribution in [3.63, 3.8) is 0 Å². The van der Waals surface area contributed by atoms with Crippen molar-refractivity contribution < 1.29 is 28.3 Å². The number of nitrogens with zero attached hydrogens (tertiary/aromatic N) is 1. The quantitative estimate of drug-likeness (QED) is 0.223. The van der Waals surface area contributed by atoms with E-state index in [-0.39, 0.29) is 5.69 Å². The number of aryl methyl sites for hydroxylation is 1. The molecule has 33 heavy (non-hydrogen) atoms. The first-order valence-corrected chi connectivity index (χ1v) is 11.5. The Hall–Kier alpha value is -3.60. The number of carbonyl (C=O) groups excluding carboxylic acids is 1. The van der Waals surface area contributed by atoms with Crippen LogP contribution in [0.1, 0.15) is 5.56 Å². The van der Waals surface area contributed by atoms with Crippen molar-refractivity contribution in [2.45, 2.75) is 13.0 Å². The topological polar surface area (TPSA) is 142 Å². The van der Waals surface area contributed by atoms with Gasteiger partial charge in [-0.15, -0.1) is 0 Å². The van der Waals surface area contributed by atoms with E-state index < -0.39 is 34.3 Å². The second-order valence-corrected chi connectivity index (χ2v) is 8.92. The lowest BCUT2D eigenvalue weighted by Crippen LogP contribution is -2.45. The normalized spacial score (nSPS) is 12.9. The molecule has 0 fully saturated rings. The Kier molecular flexibility index (Phi) is 9.22. The van der Waals surface area contributed by atoms with Crippen molar-refractivity contribution in [1.82, 2.24) is 5.48 Å². The summed E-state index contributed by atoms with van der Waals surface area (Å²) in [7, 11) is -4.08. The highest BCUT2D eigenvalue weighted by atomic mass is 32.2. The third-order valence-electron chi connectivity index (χ3n) is 4.46. The van der Waals surface area contributed by atoms with Gasteiger partial charge < -0.3 is 15.6 Å². The molecular weight excluding hydrogens is 446 g/mol. The van der Waals surface area contributed by atoms with Gasteiger partial charge in [0.1, 0.15) is 11.5 Å². The molecule has 2 aromatic carbocycles. The molecule has 0 bridgehead atoms. The van der Waals surface area contributed by atoms with Gasteiger partial charge in [-0.1, -0.05) is 36.4 Å². The molecule has 1 amide bonds. The van der Waals surface area contributed by atoms with Crippen molar-refractivity contribution in [2.75, 3.05) is 16.6 Å². The lowest BCUT2D eigenvalue weighted by Gasteiger charge is -2.26. The summed E-state index contributed by atoms with van der Waals surface area (Å²) in [6, 6.07) is 13.5. The average molecular weight is 474 g/mol. The maximum atomic E-state index is 13.2. The van der Waals surface area contributed by atoms with E-state index >= 15 is 0 Å². The summed E-state index contributed by atoms with van der Waals surface area (Å²) in [6.07, 6.45) is 3.69. The summed E-state index contributed by atoms with van der Waals surface area (Å²) in [4.78, 5) is 11.6. The van der Waals surface area contributed by atoms with Crippen LogP contribution >= 0.6 is 0 Å². The summed E-state index contributed by atoms with van der Waals surface area (Å²) < 4.78 is 33.0. The van der Waals surface area contributed by atoms with Crippen LogP contribution in [-0.4, -0.2) is 43.0 Å². The predicted molar refractivity (Wildman–Crippen MR) is 126 cm³/mol. The molecule has 9 nitrogen and oxygen atoms in total. The molecule has 2 rings (SSSR count). The van der Waals surface area contributed by atoms with Crippen LogP contribution in [0.5, 0.6) is 11.5 Å². The number of anilines is 1. The van der Waals surface area contributed by atoms with Gasteiger partial charge in [0.2, 0.25) is 10.0 Å². The predicted octanol–water partition coefficient (Wildman–Crippen LogP) is 2.37. The SMILES string of the molecule is C=C/C=C(\C=C/N)CS(=O)(=O)N(C[C@H](O)C(=O)NO)c1ccc(Oc2ccc(C)cc2)cc1. The van der Waals surface area contributed by atoms with E-state index in [0.29, 0.717) is 17.1 Å². The Bertz CT molecular complexity index is 1110. The highest BCUT2D eigenvalue weighted by Crippen LogP contribution is 2.27. The monoisotopic (exact) mass is 473 g/mol. The zero-order chi connectivity index (χ0) is 24.4. The first-order chi connectivity index (χ1) is 15.7. The molecule has 176 valence electrons. The van der Waals surface area contributed by atoms with Crippen LogP contribution < -0.4 is 20.3 Å². The second-order valence-electron chi connectivity index (χ2n) is 7.02. The number of allylic oxidation sites excluding steroid dienone is 3. The molecular formula is C23H27N3O6S. The number of ether oxygens (including phenoxy) is 1. The maximum absolute atomic E-state index is 13.2. The Morgan fingerprint density at radius 3 is 2.27 bits per heavy atom. The Morgan fingerprint density at radius 1 is 1.18 bits per heavy atom. The zero-order valence-corrected chi connectivity index (χ0v) is 18.9. The van der Waals surface area contributed by atoms with Gasteiger partial charge in [0.05, 0.1) is 18.0 Å². The molecule has 0 aliphatic rings. The van der Waals surface area contributed by atoms with Gasteiger partial charge >= 0.3 is 0 Å². The van der Waals surface area contributed by atoms with Gasteiger partial charge in [0.25, 0.3) is 5.91 Å². The highest BCUT2D eigenvalue weighted by Gasteiger charge is 2.28. The summed E-state index contributed by atoms with van der Waals surface area (Å²) in [5.74, 6) is -0.535. The van der Waals surface area contributed by atoms with Crippen molar-refractivity contribution in [2.24, 2.45) is 5.73 Å². The smallest absolute Gasteiger partial charge is 0.274 e. The van der Waals surface area contributed by atoms with Crippen molar-refractivity contribution in [1.29, 1.82) is 0 Å². The molecule has 0 aromatic heterocycles. The molecule has 2 aromatic rings. The molecule has 0 radical (unpaired) electrons. The first kappa shape index (κ1) is 25.7. The van der Waals surface area contributed by atoms with Crippen LogP contribution in [0.3, 0.4) is 0 Å². The van der Waals surface area contributed by atoms with E-state index in [1.807, 2.05) is 31.2 Å². The third-order valence-corrected chi connectivity index (χ3v) is 6.19. The van der Waals surface area contributed by atoms with Crippen LogP contribution in [0.4, 0.5) is 5.69 Å². The summed E-state index contributed by atoms with van der Waals surface area (Å²) in [5, 5.41) is 18.8. The molecule has 0 saturated heterocycles. The van der Waals surface area contributed by atoms with Crippen molar-refractivity contribution in [3.05, 3.63) is 90.7 Å². The summed E-state index contributed by atoms with van der Waals surface area (Å²) >= 11 is 0. The lowest BCUT2D eigenvalue weighted by atomic mass is 10.2. The number of nitrogens with one attached hydrogen (secondary N) is 1. The summed E-state index contributed by atoms with van der Waals surface area (Å²) in [5.41, 5.74) is 8.32. The molecule has 0 saturated carbocycles. The van der Waals surface area contributed by atoms with Crippen molar-refractivity contribution in [3.8, 4) is 11.5 Å². The van der Waals surface area contributed by atoms with Crippen molar-refractivity contribution >= 4 is 21.6 Å². The molecule has 0 aliphatic heterocycles. The van der Waals surface area contributed by atoms with Crippen LogP contribution in [0.2, 0.25) is 0 Å². The number of hydrogen-bond acceptors (Lipinski definition) is 7. The Balaban J connectivity index is 2.36. The minimum Gasteiger partial charge on any atom is -0.457 e. The fourth-order valence-corrected chi connectivity index (χ4v) is 4.41. The molecule has 0 unspecified atom stereocenters. The van der Waals surface area contributed by atoms with Gasteiger partial charge in [-0.2, -0.15) is 0 Å². The summed E-state index contributed by atoms with van der Waals surface area (Å²) in [6.45, 7) is 4.89. The second kappa shape index (κ2) is 11.9. The minimum atomic E-state index is -4.08.